The number of para-hydroxylation sites is 3. The number of methoxy groups -OCH3 is 2. The highest BCUT2D eigenvalue weighted by Crippen LogP contribution is 2.57. The maximum Gasteiger partial charge on any atom is 0.275 e. The van der Waals surface area contributed by atoms with E-state index < -0.39 is 22.5 Å². The molecular weight excluding hydrogens is 458 g/mol. The molecule has 0 aliphatic carbocycles. The van der Waals surface area contributed by atoms with Gasteiger partial charge in [-0.1, -0.05) is 78.9 Å². The first-order valence-corrected chi connectivity index (χ1v) is 11.3. The molecule has 36 heavy (non-hydrogen) atoms. The molecular formula is C29H27NO6. The van der Waals surface area contributed by atoms with Crippen molar-refractivity contribution in [3.63, 3.8) is 0 Å². The normalized spacial score (nSPS) is 13.0. The minimum atomic E-state index is -2.23. The van der Waals surface area contributed by atoms with Gasteiger partial charge in [-0.15, -0.1) is 0 Å². The number of nitrogens with zero attached hydrogens (tertiary/aromatic N) is 1. The lowest BCUT2D eigenvalue weighted by molar-refractivity contribution is -0.387. The van der Waals surface area contributed by atoms with Crippen LogP contribution in [0, 0.1) is 10.1 Å². The lowest BCUT2D eigenvalue weighted by atomic mass is 9.57. The van der Waals surface area contributed by atoms with Crippen LogP contribution < -0.4 is 9.47 Å². The minimum absolute atomic E-state index is 0.0434. The van der Waals surface area contributed by atoms with E-state index in [1.807, 2.05) is 30.3 Å². The Morgan fingerprint density at radius 3 is 1.64 bits per heavy atom. The number of rotatable bonds is 9. The lowest BCUT2D eigenvalue weighted by Gasteiger charge is -2.48. The van der Waals surface area contributed by atoms with E-state index in [1.54, 1.807) is 54.6 Å². The highest BCUT2D eigenvalue weighted by atomic mass is 16.6. The molecule has 2 N–H and O–H groups in total. The van der Waals surface area contributed by atoms with E-state index in [1.165, 1.54) is 32.4 Å². The average Bonchev–Trinajstić information content (AvgIpc) is 2.94. The first-order valence-electron chi connectivity index (χ1n) is 11.3. The minimum Gasteiger partial charge on any atom is -0.496 e. The molecule has 4 rings (SSSR count). The van der Waals surface area contributed by atoms with Crippen LogP contribution in [-0.2, 0) is 11.0 Å². The van der Waals surface area contributed by atoms with Crippen molar-refractivity contribution in [3.8, 4) is 11.5 Å². The second-order valence-corrected chi connectivity index (χ2v) is 8.31. The van der Waals surface area contributed by atoms with E-state index in [4.69, 9.17) is 9.47 Å². The molecule has 7 nitrogen and oxygen atoms in total. The summed E-state index contributed by atoms with van der Waals surface area (Å²) >= 11 is 0. The zero-order valence-corrected chi connectivity index (χ0v) is 20.0. The van der Waals surface area contributed by atoms with Crippen LogP contribution in [0.2, 0.25) is 0 Å². The molecule has 0 heterocycles. The first-order chi connectivity index (χ1) is 17.5. The fourth-order valence-electron chi connectivity index (χ4n) is 5.13. The van der Waals surface area contributed by atoms with Gasteiger partial charge < -0.3 is 19.7 Å². The molecule has 0 aromatic heterocycles. The molecule has 0 aliphatic rings. The summed E-state index contributed by atoms with van der Waals surface area (Å²) in [4.78, 5) is 11.6. The maximum atomic E-state index is 12.8. The predicted octanol–water partition coefficient (Wildman–Crippen LogP) is 4.83. The van der Waals surface area contributed by atoms with Crippen LogP contribution in [-0.4, -0.2) is 36.0 Å². The van der Waals surface area contributed by atoms with E-state index in [9.17, 15) is 20.3 Å². The Kier molecular flexibility index (Phi) is 7.05. The van der Waals surface area contributed by atoms with Gasteiger partial charge in [0.05, 0.1) is 36.7 Å². The van der Waals surface area contributed by atoms with Crippen LogP contribution >= 0.6 is 0 Å². The Hall–Kier alpha value is -4.20. The van der Waals surface area contributed by atoms with Gasteiger partial charge in [0.2, 0.25) is 0 Å². The summed E-state index contributed by atoms with van der Waals surface area (Å²) in [5.41, 5.74) is -2.63. The van der Waals surface area contributed by atoms with Crippen LogP contribution in [0.15, 0.2) is 103 Å². The monoisotopic (exact) mass is 485 g/mol. The van der Waals surface area contributed by atoms with Crippen LogP contribution in [0.1, 0.15) is 22.3 Å². The van der Waals surface area contributed by atoms with E-state index >= 15 is 0 Å². The summed E-state index contributed by atoms with van der Waals surface area (Å²) in [6.45, 7) is -0.844. The molecule has 0 aliphatic heterocycles. The molecule has 184 valence electrons. The quantitative estimate of drug-likeness (QED) is 0.200. The first kappa shape index (κ1) is 24.9. The highest BCUT2D eigenvalue weighted by Gasteiger charge is 2.59. The standard InChI is InChI=1S/C29H27NO6/c1-35-26-18-10-7-15-23(26)29(21-12-4-3-5-13-21,24-16-8-11-19-27(24)36-2)28(32,20-31)22-14-6-9-17-25(22)30(33)34/h3-19,31-32H,20H2,1-2H3. The van der Waals surface area contributed by atoms with Crippen molar-refractivity contribution in [2.45, 2.75) is 11.0 Å². The Morgan fingerprint density at radius 2 is 1.17 bits per heavy atom. The van der Waals surface area contributed by atoms with Crippen molar-refractivity contribution in [2.24, 2.45) is 0 Å². The van der Waals surface area contributed by atoms with Crippen molar-refractivity contribution in [3.05, 3.63) is 135 Å². The zero-order valence-electron chi connectivity index (χ0n) is 20.0. The molecule has 4 aromatic carbocycles. The molecule has 0 bridgehead atoms. The molecule has 0 saturated carbocycles. The van der Waals surface area contributed by atoms with Crippen molar-refractivity contribution in [1.82, 2.24) is 0 Å². The number of aliphatic hydroxyl groups excluding tert-OH is 1. The van der Waals surface area contributed by atoms with Crippen LogP contribution in [0.4, 0.5) is 5.69 Å². The Labute approximate surface area is 209 Å². The summed E-state index contributed by atoms with van der Waals surface area (Å²) in [5.74, 6) is 0.857. The van der Waals surface area contributed by atoms with Gasteiger partial charge in [-0.3, -0.25) is 10.1 Å². The fraction of sp³-hybridized carbons (Fsp3) is 0.172. The number of nitro groups is 1. The second kappa shape index (κ2) is 10.2. The average molecular weight is 486 g/mol. The molecule has 0 radical (unpaired) electrons. The summed E-state index contributed by atoms with van der Waals surface area (Å²) in [6.07, 6.45) is 0. The third kappa shape index (κ3) is 3.79. The van der Waals surface area contributed by atoms with Gasteiger partial charge >= 0.3 is 0 Å². The van der Waals surface area contributed by atoms with Crippen molar-refractivity contribution in [2.75, 3.05) is 20.8 Å². The Morgan fingerprint density at radius 1 is 0.722 bits per heavy atom. The van der Waals surface area contributed by atoms with E-state index in [0.717, 1.165) is 0 Å². The molecule has 7 heteroatoms. The van der Waals surface area contributed by atoms with Crippen LogP contribution in [0.25, 0.3) is 0 Å². The smallest absolute Gasteiger partial charge is 0.275 e. The van der Waals surface area contributed by atoms with Gasteiger partial charge in [0.25, 0.3) is 5.69 Å². The predicted molar refractivity (Wildman–Crippen MR) is 136 cm³/mol. The van der Waals surface area contributed by atoms with Crippen LogP contribution in [0.3, 0.4) is 0 Å². The van der Waals surface area contributed by atoms with Crippen LogP contribution in [0.5, 0.6) is 11.5 Å². The molecule has 0 spiro atoms. The van der Waals surface area contributed by atoms with Gasteiger partial charge in [0.15, 0.2) is 0 Å². The van der Waals surface area contributed by atoms with E-state index in [0.29, 0.717) is 28.2 Å². The Bertz CT molecular complexity index is 1310. The van der Waals surface area contributed by atoms with Gasteiger partial charge in [0, 0.05) is 17.2 Å². The second-order valence-electron chi connectivity index (χ2n) is 8.31. The third-order valence-electron chi connectivity index (χ3n) is 6.62. The summed E-state index contributed by atoms with van der Waals surface area (Å²) < 4.78 is 11.5. The van der Waals surface area contributed by atoms with E-state index in [-0.39, 0.29) is 11.3 Å². The molecule has 0 saturated heterocycles. The van der Waals surface area contributed by atoms with Gasteiger partial charge in [0.1, 0.15) is 17.1 Å². The summed E-state index contributed by atoms with van der Waals surface area (Å²) in [7, 11) is 3.03. The number of aliphatic hydroxyl groups is 2. The van der Waals surface area contributed by atoms with E-state index in [2.05, 4.69) is 0 Å². The number of nitro benzene ring substituents is 1. The number of ether oxygens (including phenoxy) is 2. The lowest BCUT2D eigenvalue weighted by Crippen LogP contribution is -2.54. The van der Waals surface area contributed by atoms with Crippen molar-refractivity contribution in [1.29, 1.82) is 0 Å². The summed E-state index contributed by atoms with van der Waals surface area (Å²) in [6, 6.07) is 29.2. The number of hydrogen-bond acceptors (Lipinski definition) is 6. The van der Waals surface area contributed by atoms with Gasteiger partial charge in [-0.2, -0.15) is 0 Å². The largest absolute Gasteiger partial charge is 0.496 e. The fourth-order valence-corrected chi connectivity index (χ4v) is 5.13. The SMILES string of the molecule is COc1ccccc1C(c1ccccc1)(c1ccccc1OC)C(O)(CO)c1ccccc1[N+](=O)[O-]. The number of benzene rings is 4. The third-order valence-corrected chi connectivity index (χ3v) is 6.62. The topological polar surface area (TPSA) is 102 Å². The molecule has 1 unspecified atom stereocenters. The highest BCUT2D eigenvalue weighted by molar-refractivity contribution is 5.65. The summed E-state index contributed by atoms with van der Waals surface area (Å²) in [5, 5.41) is 35.9. The number of hydrogen-bond donors (Lipinski definition) is 2. The maximum absolute atomic E-state index is 12.8. The van der Waals surface area contributed by atoms with Gasteiger partial charge in [-0.05, 0) is 23.8 Å². The zero-order chi connectivity index (χ0) is 25.8. The van der Waals surface area contributed by atoms with Gasteiger partial charge in [-0.25, -0.2) is 0 Å². The molecule has 0 fully saturated rings. The molecule has 1 atom stereocenters. The molecule has 4 aromatic rings. The Balaban J connectivity index is 2.31. The molecule has 0 amide bonds. The van der Waals surface area contributed by atoms with Crippen molar-refractivity contribution < 1.29 is 24.6 Å². The van der Waals surface area contributed by atoms with Crippen molar-refractivity contribution >= 4 is 5.69 Å².